The SMILES string of the molecule is CS(=O)(=O)C1CCN(c2cccc3c2ccn3-c2ccnc(NCC3CCC(C(=O)N4CCn5cnnc5C4)CC3)n2)CC1. The van der Waals surface area contributed by atoms with E-state index in [4.69, 9.17) is 4.98 Å². The predicted molar refractivity (Wildman–Crippen MR) is 168 cm³/mol. The zero-order valence-corrected chi connectivity index (χ0v) is 25.9. The molecule has 3 aliphatic rings. The number of nitrogens with one attached hydrogen (secondary N) is 1. The quantitative estimate of drug-likeness (QED) is 0.332. The molecular weight excluding hydrogens is 578 g/mol. The molecule has 1 aliphatic carbocycles. The number of carbonyl (C=O) groups is 1. The Morgan fingerprint density at radius 1 is 1.00 bits per heavy atom. The molecule has 1 amide bonds. The van der Waals surface area contributed by atoms with E-state index in [1.165, 1.54) is 6.26 Å². The fourth-order valence-electron chi connectivity index (χ4n) is 7.08. The van der Waals surface area contributed by atoms with E-state index >= 15 is 0 Å². The van der Waals surface area contributed by atoms with Crippen LogP contribution in [0.5, 0.6) is 0 Å². The molecule has 0 spiro atoms. The van der Waals surface area contributed by atoms with Gasteiger partial charge in [0.1, 0.15) is 22.0 Å². The number of sulfone groups is 1. The molecule has 1 aromatic carbocycles. The first-order chi connectivity index (χ1) is 21.3. The molecule has 0 bridgehead atoms. The molecule has 1 N–H and O–H groups in total. The summed E-state index contributed by atoms with van der Waals surface area (Å²) >= 11 is 0. The van der Waals surface area contributed by atoms with E-state index in [0.717, 1.165) is 86.6 Å². The van der Waals surface area contributed by atoms with Crippen LogP contribution in [0.15, 0.2) is 49.1 Å². The van der Waals surface area contributed by atoms with Crippen molar-refractivity contribution in [2.24, 2.45) is 11.8 Å². The van der Waals surface area contributed by atoms with Gasteiger partial charge in [-0.3, -0.25) is 4.79 Å². The largest absolute Gasteiger partial charge is 0.371 e. The summed E-state index contributed by atoms with van der Waals surface area (Å²) < 4.78 is 28.2. The Balaban J connectivity index is 0.960. The first kappa shape index (κ1) is 28.8. The fourth-order valence-corrected chi connectivity index (χ4v) is 8.15. The van der Waals surface area contributed by atoms with Crippen LogP contribution in [0, 0.1) is 11.8 Å². The van der Waals surface area contributed by atoms with Crippen LogP contribution < -0.4 is 10.2 Å². The highest BCUT2D eigenvalue weighted by molar-refractivity contribution is 7.91. The van der Waals surface area contributed by atoms with Crippen LogP contribution in [0.4, 0.5) is 11.6 Å². The van der Waals surface area contributed by atoms with Crippen LogP contribution in [0.3, 0.4) is 0 Å². The highest BCUT2D eigenvalue weighted by atomic mass is 32.2. The van der Waals surface area contributed by atoms with Crippen LogP contribution in [0.1, 0.15) is 44.3 Å². The van der Waals surface area contributed by atoms with E-state index < -0.39 is 9.84 Å². The van der Waals surface area contributed by atoms with Gasteiger partial charge in [0.2, 0.25) is 11.9 Å². The molecule has 0 atom stereocenters. The number of hydrogen-bond acceptors (Lipinski definition) is 9. The third-order valence-electron chi connectivity index (χ3n) is 9.68. The lowest BCUT2D eigenvalue weighted by Gasteiger charge is -2.34. The first-order valence-electron chi connectivity index (χ1n) is 15.6. The normalized spacial score (nSPS) is 21.4. The second-order valence-electron chi connectivity index (χ2n) is 12.4. The molecule has 232 valence electrons. The van der Waals surface area contributed by atoms with Crippen LogP contribution >= 0.6 is 0 Å². The van der Waals surface area contributed by atoms with Crippen molar-refractivity contribution in [3.8, 4) is 5.82 Å². The van der Waals surface area contributed by atoms with Crippen molar-refractivity contribution in [1.82, 2.24) is 34.2 Å². The Morgan fingerprint density at radius 2 is 1.82 bits per heavy atom. The number of rotatable bonds is 7. The standard InChI is InChI=1S/C31H39N9O3S/c1-44(42,43)24-10-14-37(15-11-24)26-3-2-4-27-25(26)12-16-40(27)28-9-13-32-31(35-28)33-19-22-5-7-23(8-6-22)30(41)38-17-18-39-21-34-36-29(39)20-38/h2-4,9,12-13,16,21-24H,5-8,10-11,14-15,17-20H2,1H3,(H,32,33,35). The number of fused-ring (bicyclic) bond motifs is 2. The molecule has 0 unspecified atom stereocenters. The van der Waals surface area contributed by atoms with Gasteiger partial charge >= 0.3 is 0 Å². The van der Waals surface area contributed by atoms with Crippen molar-refractivity contribution < 1.29 is 13.2 Å². The van der Waals surface area contributed by atoms with Gasteiger partial charge in [-0.25, -0.2) is 13.4 Å². The summed E-state index contributed by atoms with van der Waals surface area (Å²) in [5.41, 5.74) is 2.17. The Kier molecular flexibility index (Phi) is 7.73. The lowest BCUT2D eigenvalue weighted by molar-refractivity contribution is -0.138. The van der Waals surface area contributed by atoms with Crippen molar-refractivity contribution in [3.63, 3.8) is 0 Å². The molecule has 12 nitrogen and oxygen atoms in total. The Hall–Kier alpha value is -4.00. The van der Waals surface area contributed by atoms with Crippen LogP contribution in [0.2, 0.25) is 0 Å². The third-order valence-corrected chi connectivity index (χ3v) is 11.4. The van der Waals surface area contributed by atoms with Gasteiger partial charge in [0.25, 0.3) is 0 Å². The van der Waals surface area contributed by atoms with E-state index in [1.54, 1.807) is 12.5 Å². The minimum atomic E-state index is -3.01. The summed E-state index contributed by atoms with van der Waals surface area (Å²) in [6.07, 6.45) is 12.0. The minimum Gasteiger partial charge on any atom is -0.371 e. The van der Waals surface area contributed by atoms with Crippen molar-refractivity contribution in [3.05, 3.63) is 54.9 Å². The van der Waals surface area contributed by atoms with Gasteiger partial charge in [0, 0.05) is 68.4 Å². The van der Waals surface area contributed by atoms with Gasteiger partial charge in [-0.2, -0.15) is 4.98 Å². The number of hydrogen-bond donors (Lipinski definition) is 1. The Labute approximate surface area is 257 Å². The zero-order chi connectivity index (χ0) is 30.3. The maximum atomic E-state index is 13.2. The average molecular weight is 618 g/mol. The summed E-state index contributed by atoms with van der Waals surface area (Å²) in [5, 5.41) is 12.4. The smallest absolute Gasteiger partial charge is 0.226 e. The number of nitrogens with zero attached hydrogens (tertiary/aromatic N) is 8. The molecule has 0 radical (unpaired) electrons. The molecule has 44 heavy (non-hydrogen) atoms. The maximum Gasteiger partial charge on any atom is 0.226 e. The molecule has 5 heterocycles. The Morgan fingerprint density at radius 3 is 2.61 bits per heavy atom. The summed E-state index contributed by atoms with van der Waals surface area (Å²) in [6, 6.07) is 10.3. The molecule has 1 saturated carbocycles. The molecular formula is C31H39N9O3S. The van der Waals surface area contributed by atoms with Crippen LogP contribution in [0.25, 0.3) is 16.7 Å². The van der Waals surface area contributed by atoms with E-state index in [0.29, 0.717) is 31.3 Å². The summed E-state index contributed by atoms with van der Waals surface area (Å²) in [7, 11) is -3.01. The topological polar surface area (TPSA) is 131 Å². The van der Waals surface area contributed by atoms with Gasteiger partial charge in [-0.15, -0.1) is 10.2 Å². The van der Waals surface area contributed by atoms with Crippen molar-refractivity contribution in [2.75, 3.05) is 42.7 Å². The highest BCUT2D eigenvalue weighted by Gasteiger charge is 2.32. The number of amides is 1. The number of anilines is 2. The Bertz CT molecular complexity index is 1750. The molecule has 4 aromatic rings. The molecule has 1 saturated heterocycles. The number of carbonyl (C=O) groups excluding carboxylic acids is 1. The number of aromatic nitrogens is 6. The molecule has 7 rings (SSSR count). The third kappa shape index (κ3) is 5.76. The summed E-state index contributed by atoms with van der Waals surface area (Å²) in [4.78, 5) is 26.7. The predicted octanol–water partition coefficient (Wildman–Crippen LogP) is 3.29. The number of piperidine rings is 1. The van der Waals surface area contributed by atoms with Crippen molar-refractivity contribution in [2.45, 2.75) is 56.9 Å². The summed E-state index contributed by atoms with van der Waals surface area (Å²) in [5.74, 6) is 3.05. The second-order valence-corrected chi connectivity index (χ2v) is 14.8. The zero-order valence-electron chi connectivity index (χ0n) is 25.0. The molecule has 2 aliphatic heterocycles. The van der Waals surface area contributed by atoms with E-state index in [-0.39, 0.29) is 17.1 Å². The second kappa shape index (κ2) is 11.8. The van der Waals surface area contributed by atoms with E-state index in [1.807, 2.05) is 21.7 Å². The van der Waals surface area contributed by atoms with Gasteiger partial charge in [0.15, 0.2) is 5.82 Å². The van der Waals surface area contributed by atoms with Crippen LogP contribution in [-0.4, -0.2) is 86.2 Å². The van der Waals surface area contributed by atoms with Gasteiger partial charge in [-0.05, 0) is 68.7 Å². The van der Waals surface area contributed by atoms with Gasteiger partial charge < -0.3 is 24.3 Å². The lowest BCUT2D eigenvalue weighted by Crippen LogP contribution is -2.42. The van der Waals surface area contributed by atoms with Gasteiger partial charge in [0.05, 0.1) is 17.3 Å². The minimum absolute atomic E-state index is 0.0817. The van der Waals surface area contributed by atoms with E-state index in [9.17, 15) is 13.2 Å². The van der Waals surface area contributed by atoms with Crippen molar-refractivity contribution in [1.29, 1.82) is 0 Å². The summed E-state index contributed by atoms with van der Waals surface area (Å²) in [6.45, 7) is 4.26. The first-order valence-corrected chi connectivity index (χ1v) is 17.6. The molecule has 2 fully saturated rings. The van der Waals surface area contributed by atoms with Crippen molar-refractivity contribution >= 4 is 38.3 Å². The van der Waals surface area contributed by atoms with Gasteiger partial charge in [-0.1, -0.05) is 6.07 Å². The monoisotopic (exact) mass is 617 g/mol. The molecule has 3 aromatic heterocycles. The maximum absolute atomic E-state index is 13.2. The molecule has 13 heteroatoms. The fraction of sp³-hybridized carbons (Fsp3) is 0.516. The lowest BCUT2D eigenvalue weighted by atomic mass is 9.81. The van der Waals surface area contributed by atoms with E-state index in [2.05, 4.69) is 54.2 Å². The average Bonchev–Trinajstić information content (AvgIpc) is 3.70. The van der Waals surface area contributed by atoms with Crippen LogP contribution in [-0.2, 0) is 27.7 Å². The number of benzene rings is 1. The highest BCUT2D eigenvalue weighted by Crippen LogP contribution is 2.33.